The van der Waals surface area contributed by atoms with Crippen molar-refractivity contribution in [3.63, 3.8) is 0 Å². The Labute approximate surface area is 150 Å². The summed E-state index contributed by atoms with van der Waals surface area (Å²) >= 11 is 0. The first-order chi connectivity index (χ1) is 12.5. The smallest absolute Gasteiger partial charge is 0.338 e. The van der Waals surface area contributed by atoms with Gasteiger partial charge >= 0.3 is 5.97 Å². The van der Waals surface area contributed by atoms with Crippen molar-refractivity contribution in [1.82, 2.24) is 0 Å². The maximum absolute atomic E-state index is 13.7. The molecule has 0 atom stereocenters. The van der Waals surface area contributed by atoms with E-state index in [2.05, 4.69) is 0 Å². The van der Waals surface area contributed by atoms with Gasteiger partial charge in [0.2, 0.25) is 0 Å². The third kappa shape index (κ3) is 4.50. The molecule has 0 heterocycles. The van der Waals surface area contributed by atoms with Gasteiger partial charge in [-0.15, -0.1) is 0 Å². The minimum atomic E-state index is -0.698. The molecule has 0 N–H and O–H groups in total. The molecule has 0 saturated heterocycles. The summed E-state index contributed by atoms with van der Waals surface area (Å²) in [6, 6.07) is 8.32. The molecule has 0 amide bonds. The minimum Gasteiger partial charge on any atom is -0.494 e. The van der Waals surface area contributed by atoms with Gasteiger partial charge in [-0.3, -0.25) is 4.79 Å². The summed E-state index contributed by atoms with van der Waals surface area (Å²) < 4.78 is 34.0. The van der Waals surface area contributed by atoms with Crippen LogP contribution in [0.25, 0.3) is 0 Å². The van der Waals surface area contributed by atoms with Crippen LogP contribution in [0.5, 0.6) is 17.2 Å². The Morgan fingerprint density at radius 1 is 0.923 bits per heavy atom. The number of esters is 1. The molecule has 2 rings (SSSR count). The lowest BCUT2D eigenvalue weighted by Gasteiger charge is -2.11. The summed E-state index contributed by atoms with van der Waals surface area (Å²) in [6.07, 6.45) is 0. The van der Waals surface area contributed by atoms with Gasteiger partial charge in [0.15, 0.2) is 35.5 Å². The molecule has 26 heavy (non-hydrogen) atoms. The van der Waals surface area contributed by atoms with Crippen molar-refractivity contribution < 1.29 is 32.9 Å². The summed E-state index contributed by atoms with van der Waals surface area (Å²) in [5, 5.41) is 0. The van der Waals surface area contributed by atoms with Crippen molar-refractivity contribution in [3.8, 4) is 17.2 Å². The van der Waals surface area contributed by atoms with Crippen LogP contribution in [0, 0.1) is 5.82 Å². The van der Waals surface area contributed by atoms with E-state index in [0.29, 0.717) is 18.1 Å². The largest absolute Gasteiger partial charge is 0.494 e. The predicted octanol–water partition coefficient (Wildman–Crippen LogP) is 3.28. The Balaban J connectivity index is 2.05. The number of methoxy groups -OCH3 is 2. The molecule has 138 valence electrons. The fourth-order valence-electron chi connectivity index (χ4n) is 2.21. The molecule has 0 fully saturated rings. The summed E-state index contributed by atoms with van der Waals surface area (Å²) in [7, 11) is 2.82. The molecular weight excluding hydrogens is 343 g/mol. The zero-order chi connectivity index (χ0) is 19.1. The van der Waals surface area contributed by atoms with E-state index in [1.807, 2.05) is 0 Å². The van der Waals surface area contributed by atoms with E-state index in [9.17, 15) is 14.0 Å². The maximum Gasteiger partial charge on any atom is 0.338 e. The van der Waals surface area contributed by atoms with Gasteiger partial charge in [-0.25, -0.2) is 9.18 Å². The van der Waals surface area contributed by atoms with Crippen LogP contribution in [0.3, 0.4) is 0 Å². The van der Waals surface area contributed by atoms with Crippen molar-refractivity contribution >= 4 is 11.8 Å². The van der Waals surface area contributed by atoms with E-state index >= 15 is 0 Å². The number of benzene rings is 2. The second-order valence-electron chi connectivity index (χ2n) is 5.15. The van der Waals surface area contributed by atoms with E-state index in [0.717, 1.165) is 6.07 Å². The van der Waals surface area contributed by atoms with E-state index in [1.165, 1.54) is 38.5 Å². The van der Waals surface area contributed by atoms with Crippen LogP contribution < -0.4 is 14.2 Å². The summed E-state index contributed by atoms with van der Waals surface area (Å²) in [5.41, 5.74) is 0.295. The summed E-state index contributed by atoms with van der Waals surface area (Å²) in [6.45, 7) is 1.69. The lowest BCUT2D eigenvalue weighted by molar-refractivity contribution is 0.0474. The highest BCUT2D eigenvalue weighted by Gasteiger charge is 2.16. The molecule has 6 nitrogen and oxygen atoms in total. The molecule has 0 aliphatic heterocycles. The number of ether oxygens (including phenoxy) is 4. The van der Waals surface area contributed by atoms with Crippen LogP contribution in [0.2, 0.25) is 0 Å². The highest BCUT2D eigenvalue weighted by atomic mass is 19.1. The molecular formula is C19H19FO6. The third-order valence-corrected chi connectivity index (χ3v) is 3.51. The number of carbonyl (C=O) groups is 2. The zero-order valence-electron chi connectivity index (χ0n) is 14.7. The fourth-order valence-corrected chi connectivity index (χ4v) is 2.21. The third-order valence-electron chi connectivity index (χ3n) is 3.51. The molecule has 7 heteroatoms. The van der Waals surface area contributed by atoms with Crippen LogP contribution >= 0.6 is 0 Å². The van der Waals surface area contributed by atoms with Gasteiger partial charge in [0.1, 0.15) is 0 Å². The molecule has 0 radical (unpaired) electrons. The van der Waals surface area contributed by atoms with Gasteiger partial charge in [0.25, 0.3) is 0 Å². The normalized spacial score (nSPS) is 10.2. The minimum absolute atomic E-state index is 0.0280. The fraction of sp³-hybridized carbons (Fsp3) is 0.263. The Bertz CT molecular complexity index is 803. The van der Waals surface area contributed by atoms with Crippen LogP contribution in [-0.4, -0.2) is 39.2 Å². The molecule has 0 spiro atoms. The Kier molecular flexibility index (Phi) is 6.54. The summed E-state index contributed by atoms with van der Waals surface area (Å²) in [5.74, 6) is -0.989. The monoisotopic (exact) mass is 362 g/mol. The lowest BCUT2D eigenvalue weighted by Crippen LogP contribution is -2.14. The van der Waals surface area contributed by atoms with Crippen molar-refractivity contribution in [1.29, 1.82) is 0 Å². The van der Waals surface area contributed by atoms with Gasteiger partial charge in [0, 0.05) is 5.56 Å². The molecule has 2 aromatic carbocycles. The average Bonchev–Trinajstić information content (AvgIpc) is 2.65. The molecule has 0 saturated carbocycles. The molecule has 2 aromatic rings. The van der Waals surface area contributed by atoms with Crippen molar-refractivity contribution in [2.24, 2.45) is 0 Å². The maximum atomic E-state index is 13.7. The first-order valence-electron chi connectivity index (χ1n) is 7.84. The van der Waals surface area contributed by atoms with Gasteiger partial charge in [0.05, 0.1) is 26.4 Å². The molecule has 0 bridgehead atoms. The first-order valence-corrected chi connectivity index (χ1v) is 7.84. The number of rotatable bonds is 8. The Hall–Kier alpha value is -3.09. The number of hydrogen-bond donors (Lipinski definition) is 0. The van der Waals surface area contributed by atoms with Gasteiger partial charge in [-0.2, -0.15) is 0 Å². The highest BCUT2D eigenvalue weighted by molar-refractivity contribution is 5.99. The number of halogens is 1. The quantitative estimate of drug-likeness (QED) is 0.530. The number of carbonyl (C=O) groups excluding carboxylic acids is 2. The standard InChI is InChI=1S/C19H19FO6/c1-4-25-18-10-13(6-8-17(18)24-3)19(22)26-11-15(21)12-5-7-16(23-2)14(20)9-12/h5-10H,4,11H2,1-3H3. The summed E-state index contributed by atoms with van der Waals surface area (Å²) in [4.78, 5) is 24.2. The van der Waals surface area contributed by atoms with Crippen LogP contribution in [-0.2, 0) is 4.74 Å². The van der Waals surface area contributed by atoms with Crippen molar-refractivity contribution in [2.45, 2.75) is 6.92 Å². The number of Topliss-reactive ketones (excluding diaryl/α,β-unsaturated/α-hetero) is 1. The van der Waals surface area contributed by atoms with E-state index in [-0.39, 0.29) is 16.9 Å². The SMILES string of the molecule is CCOc1cc(C(=O)OCC(=O)c2ccc(OC)c(F)c2)ccc1OC. The second-order valence-corrected chi connectivity index (χ2v) is 5.15. The Morgan fingerprint density at radius 2 is 1.58 bits per heavy atom. The second kappa shape index (κ2) is 8.84. The highest BCUT2D eigenvalue weighted by Crippen LogP contribution is 2.28. The van der Waals surface area contributed by atoms with Crippen LogP contribution in [0.1, 0.15) is 27.6 Å². The molecule has 0 aromatic heterocycles. The van der Waals surface area contributed by atoms with Gasteiger partial charge in [-0.05, 0) is 43.3 Å². The average molecular weight is 362 g/mol. The zero-order valence-corrected chi connectivity index (χ0v) is 14.7. The van der Waals surface area contributed by atoms with Crippen molar-refractivity contribution in [3.05, 3.63) is 53.3 Å². The Morgan fingerprint density at radius 3 is 2.19 bits per heavy atom. The van der Waals surface area contributed by atoms with E-state index < -0.39 is 24.2 Å². The molecule has 0 aliphatic rings. The van der Waals surface area contributed by atoms with E-state index in [1.54, 1.807) is 13.0 Å². The van der Waals surface area contributed by atoms with E-state index in [4.69, 9.17) is 18.9 Å². The van der Waals surface area contributed by atoms with Crippen molar-refractivity contribution in [2.75, 3.05) is 27.4 Å². The van der Waals surface area contributed by atoms with Gasteiger partial charge < -0.3 is 18.9 Å². The lowest BCUT2D eigenvalue weighted by atomic mass is 10.1. The topological polar surface area (TPSA) is 71.1 Å². The predicted molar refractivity (Wildman–Crippen MR) is 91.7 cm³/mol. The van der Waals surface area contributed by atoms with Crippen LogP contribution in [0.4, 0.5) is 4.39 Å². The molecule has 0 unspecified atom stereocenters. The first kappa shape index (κ1) is 19.2. The van der Waals surface area contributed by atoms with Crippen LogP contribution in [0.15, 0.2) is 36.4 Å². The number of ketones is 1. The molecule has 0 aliphatic carbocycles. The number of hydrogen-bond acceptors (Lipinski definition) is 6. The van der Waals surface area contributed by atoms with Gasteiger partial charge in [-0.1, -0.05) is 0 Å².